The van der Waals surface area contributed by atoms with Gasteiger partial charge in [0.1, 0.15) is 11.2 Å². The first-order valence-corrected chi connectivity index (χ1v) is 8.69. The third-order valence-electron chi connectivity index (χ3n) is 7.96. The molecule has 0 spiro atoms. The van der Waals surface area contributed by atoms with Gasteiger partial charge in [0.05, 0.1) is 0 Å². The lowest BCUT2D eigenvalue weighted by atomic mass is 9.59. The van der Waals surface area contributed by atoms with Crippen LogP contribution in [-0.4, -0.2) is 22.3 Å². The Morgan fingerprint density at radius 2 is 2.10 bits per heavy atom. The summed E-state index contributed by atoms with van der Waals surface area (Å²) in [5.41, 5.74) is -1.32. The molecular weight excluding hydrogens is 264 g/mol. The summed E-state index contributed by atoms with van der Waals surface area (Å²) < 4.78 is 6.02. The largest absolute Gasteiger partial charge is 0.453 e. The molecule has 5 fully saturated rings. The molecule has 0 heterocycles. The lowest BCUT2D eigenvalue weighted by molar-refractivity contribution is -0.231. The van der Waals surface area contributed by atoms with E-state index >= 15 is 0 Å². The number of hydrogen-bond acceptors (Lipinski definition) is 3. The number of esters is 1. The highest BCUT2D eigenvalue weighted by Crippen LogP contribution is 2.76. The van der Waals surface area contributed by atoms with Crippen molar-refractivity contribution >= 4 is 5.97 Å². The maximum atomic E-state index is 12.0. The highest BCUT2D eigenvalue weighted by molar-refractivity contribution is 5.82. The van der Waals surface area contributed by atoms with Gasteiger partial charge in [-0.1, -0.05) is 13.0 Å². The van der Waals surface area contributed by atoms with Gasteiger partial charge in [0, 0.05) is 12.0 Å². The Morgan fingerprint density at radius 3 is 2.90 bits per heavy atom. The fourth-order valence-corrected chi connectivity index (χ4v) is 7.68. The van der Waals surface area contributed by atoms with Gasteiger partial charge in [-0.15, -0.1) is 0 Å². The Bertz CT molecular complexity index is 529. The van der Waals surface area contributed by atoms with E-state index in [1.807, 2.05) is 0 Å². The minimum absolute atomic E-state index is 0.335. The molecule has 0 aromatic rings. The number of rotatable bonds is 2. The predicted octanol–water partition coefficient (Wildman–Crippen LogP) is 2.68. The Labute approximate surface area is 125 Å². The first-order valence-electron chi connectivity index (χ1n) is 8.69. The molecule has 3 nitrogen and oxygen atoms in total. The summed E-state index contributed by atoms with van der Waals surface area (Å²) >= 11 is 0. The van der Waals surface area contributed by atoms with E-state index < -0.39 is 11.2 Å². The second-order valence-corrected chi connectivity index (χ2v) is 8.21. The molecule has 114 valence electrons. The van der Waals surface area contributed by atoms with E-state index in [-0.39, 0.29) is 5.97 Å². The van der Waals surface area contributed by atoms with E-state index in [1.54, 1.807) is 0 Å². The lowest BCUT2D eigenvalue weighted by Gasteiger charge is -2.53. The van der Waals surface area contributed by atoms with Gasteiger partial charge >= 0.3 is 5.97 Å². The average molecular weight is 288 g/mol. The molecule has 4 bridgehead atoms. The zero-order valence-corrected chi connectivity index (χ0v) is 12.5. The summed E-state index contributed by atoms with van der Waals surface area (Å²) in [6.07, 6.45) is 9.37. The topological polar surface area (TPSA) is 46.5 Å². The number of aliphatic hydroxyl groups is 1. The molecule has 8 atom stereocenters. The van der Waals surface area contributed by atoms with Crippen LogP contribution in [0.4, 0.5) is 0 Å². The molecule has 0 amide bonds. The van der Waals surface area contributed by atoms with Crippen molar-refractivity contribution in [2.75, 3.05) is 0 Å². The van der Waals surface area contributed by atoms with Crippen LogP contribution in [0.3, 0.4) is 0 Å². The van der Waals surface area contributed by atoms with Gasteiger partial charge < -0.3 is 9.84 Å². The molecular formula is C18H24O3. The van der Waals surface area contributed by atoms with Gasteiger partial charge in [-0.3, -0.25) is 0 Å². The van der Waals surface area contributed by atoms with Crippen LogP contribution in [0, 0.1) is 35.5 Å². The average Bonchev–Trinajstić information content (AvgIpc) is 3.20. The third-order valence-corrected chi connectivity index (χ3v) is 7.96. The molecule has 8 unspecified atom stereocenters. The normalized spacial score (nSPS) is 59.1. The van der Waals surface area contributed by atoms with Crippen molar-refractivity contribution < 1.29 is 14.6 Å². The highest BCUT2D eigenvalue weighted by atomic mass is 16.6. The van der Waals surface area contributed by atoms with Crippen LogP contribution in [0.1, 0.15) is 44.9 Å². The smallest absolute Gasteiger partial charge is 0.330 e. The molecule has 5 aliphatic rings. The van der Waals surface area contributed by atoms with Crippen LogP contribution in [0.5, 0.6) is 0 Å². The minimum atomic E-state index is -0.731. The van der Waals surface area contributed by atoms with E-state index in [0.29, 0.717) is 35.5 Å². The Balaban J connectivity index is 1.65. The van der Waals surface area contributed by atoms with Crippen molar-refractivity contribution in [2.45, 2.75) is 56.1 Å². The minimum Gasteiger partial charge on any atom is -0.453 e. The monoisotopic (exact) mass is 288 g/mol. The molecule has 5 aliphatic carbocycles. The van der Waals surface area contributed by atoms with Crippen LogP contribution < -0.4 is 0 Å². The third kappa shape index (κ3) is 1.18. The van der Waals surface area contributed by atoms with Crippen molar-refractivity contribution in [1.82, 2.24) is 0 Å². The second kappa shape index (κ2) is 3.73. The van der Waals surface area contributed by atoms with Gasteiger partial charge in [-0.2, -0.15) is 0 Å². The van der Waals surface area contributed by atoms with Crippen LogP contribution in [-0.2, 0) is 9.53 Å². The van der Waals surface area contributed by atoms with Crippen LogP contribution in [0.25, 0.3) is 0 Å². The first kappa shape index (κ1) is 12.7. The quantitative estimate of drug-likeness (QED) is 0.483. The molecule has 0 saturated heterocycles. The summed E-state index contributed by atoms with van der Waals surface area (Å²) in [6.45, 7) is 3.57. The zero-order chi connectivity index (χ0) is 14.4. The predicted molar refractivity (Wildman–Crippen MR) is 77.2 cm³/mol. The van der Waals surface area contributed by atoms with Gasteiger partial charge in [-0.05, 0) is 68.1 Å². The van der Waals surface area contributed by atoms with E-state index in [2.05, 4.69) is 6.58 Å². The highest BCUT2D eigenvalue weighted by Gasteiger charge is 2.82. The molecule has 0 radical (unpaired) electrons. The second-order valence-electron chi connectivity index (χ2n) is 8.21. The fraction of sp³-hybridized carbons (Fsp3) is 0.833. The van der Waals surface area contributed by atoms with Crippen LogP contribution in [0.2, 0.25) is 0 Å². The maximum Gasteiger partial charge on any atom is 0.330 e. The molecule has 21 heavy (non-hydrogen) atoms. The molecule has 3 heteroatoms. The number of hydrogen-bond donors (Lipinski definition) is 1. The summed E-state index contributed by atoms with van der Waals surface area (Å²) in [5.74, 6) is 2.77. The molecule has 5 rings (SSSR count). The summed E-state index contributed by atoms with van der Waals surface area (Å²) in [4.78, 5) is 12.0. The molecule has 0 aromatic carbocycles. The number of ether oxygens (including phenoxy) is 1. The Kier molecular flexibility index (Phi) is 2.26. The van der Waals surface area contributed by atoms with E-state index in [4.69, 9.17) is 4.74 Å². The maximum absolute atomic E-state index is 12.0. The van der Waals surface area contributed by atoms with Crippen molar-refractivity contribution in [3.05, 3.63) is 12.7 Å². The molecule has 1 N–H and O–H groups in total. The van der Waals surface area contributed by atoms with E-state index in [0.717, 1.165) is 25.7 Å². The lowest BCUT2D eigenvalue weighted by Crippen LogP contribution is -2.64. The summed E-state index contributed by atoms with van der Waals surface area (Å²) in [7, 11) is 0. The summed E-state index contributed by atoms with van der Waals surface area (Å²) in [5, 5.41) is 11.7. The van der Waals surface area contributed by atoms with E-state index in [1.165, 1.54) is 25.3 Å². The zero-order valence-electron chi connectivity index (χ0n) is 12.5. The van der Waals surface area contributed by atoms with Gasteiger partial charge in [-0.25, -0.2) is 4.79 Å². The number of carbonyl (C=O) groups is 1. The molecule has 0 aromatic heterocycles. The number of carbonyl (C=O) groups excluding carboxylic acids is 1. The van der Waals surface area contributed by atoms with Crippen LogP contribution >= 0.6 is 0 Å². The Hall–Kier alpha value is -0.830. The fourth-order valence-electron chi connectivity index (χ4n) is 7.68. The van der Waals surface area contributed by atoms with Gasteiger partial charge in [0.15, 0.2) is 0 Å². The summed E-state index contributed by atoms with van der Waals surface area (Å²) in [6, 6.07) is 0. The number of fused-ring (bicyclic) bond motifs is 12. The molecule has 5 saturated carbocycles. The van der Waals surface area contributed by atoms with E-state index in [9.17, 15) is 9.90 Å². The van der Waals surface area contributed by atoms with Gasteiger partial charge in [0.25, 0.3) is 0 Å². The Morgan fingerprint density at radius 1 is 1.24 bits per heavy atom. The SMILES string of the molecule is C=CC(=O)OC12CC(C3CCCC31)C1C3CCC(C3)C12O. The van der Waals surface area contributed by atoms with Crippen molar-refractivity contribution in [3.8, 4) is 0 Å². The standard InChI is InChI=1S/C18H24O3/c1-2-15(19)21-17-9-13(12-4-3-5-14(12)17)16-10-6-7-11(8-10)18(16,17)20/h2,10-14,16,20H,1,3-9H2. The van der Waals surface area contributed by atoms with Crippen molar-refractivity contribution in [3.63, 3.8) is 0 Å². The van der Waals surface area contributed by atoms with Crippen molar-refractivity contribution in [1.29, 1.82) is 0 Å². The van der Waals surface area contributed by atoms with Crippen LogP contribution in [0.15, 0.2) is 12.7 Å². The van der Waals surface area contributed by atoms with Gasteiger partial charge in [0.2, 0.25) is 0 Å². The first-order chi connectivity index (χ1) is 10.1. The van der Waals surface area contributed by atoms with Crippen molar-refractivity contribution in [2.24, 2.45) is 35.5 Å². The molecule has 0 aliphatic heterocycles.